The van der Waals surface area contributed by atoms with Gasteiger partial charge in [0.2, 0.25) is 0 Å². The van der Waals surface area contributed by atoms with Crippen molar-refractivity contribution in [2.75, 3.05) is 4.90 Å². The summed E-state index contributed by atoms with van der Waals surface area (Å²) in [4.78, 5) is 7.89. The van der Waals surface area contributed by atoms with Crippen molar-refractivity contribution in [2.24, 2.45) is 5.92 Å². The van der Waals surface area contributed by atoms with Gasteiger partial charge in [-0.3, -0.25) is 0 Å². The van der Waals surface area contributed by atoms with Crippen molar-refractivity contribution < 1.29 is 24.1 Å². The maximum absolute atomic E-state index is 6.82. The summed E-state index contributed by atoms with van der Waals surface area (Å²) in [5, 5.41) is 0. The minimum atomic E-state index is 0.00366. The van der Waals surface area contributed by atoms with Gasteiger partial charge in [-0.15, -0.1) is 0 Å². The van der Waals surface area contributed by atoms with Crippen molar-refractivity contribution in [1.82, 2.24) is 14.1 Å². The first kappa shape index (κ1) is 40.1. The van der Waals surface area contributed by atoms with Gasteiger partial charge in [0.05, 0.1) is 0 Å². The number of fused-ring (bicyclic) bond motifs is 5. The van der Waals surface area contributed by atoms with E-state index in [4.69, 9.17) is 9.72 Å². The fourth-order valence-corrected chi connectivity index (χ4v) is 11.9. The molecule has 2 aliphatic carbocycles. The second-order valence-corrected chi connectivity index (χ2v) is 20.8. The third-order valence-corrected chi connectivity index (χ3v) is 14.9. The van der Waals surface area contributed by atoms with E-state index in [-0.39, 0.29) is 16.4 Å². The molecule has 10 rings (SSSR count). The van der Waals surface area contributed by atoms with Gasteiger partial charge in [0.15, 0.2) is 0 Å². The van der Waals surface area contributed by atoms with Gasteiger partial charge in [0, 0.05) is 11.8 Å². The quantitative estimate of drug-likeness (QED) is 0.156. The molecule has 1 aliphatic heterocycles. The number of nitrogens with zero attached hydrogens (tertiary/aromatic N) is 4. The Hall–Kier alpha value is -4.99. The van der Waals surface area contributed by atoms with Gasteiger partial charge in [-0.25, -0.2) is 0 Å². The Morgan fingerprint density at radius 3 is 2.07 bits per heavy atom. The van der Waals surface area contributed by atoms with E-state index in [1.54, 1.807) is 0 Å². The van der Waals surface area contributed by atoms with Crippen LogP contribution in [-0.2, 0) is 30.2 Å². The van der Waals surface area contributed by atoms with Gasteiger partial charge >= 0.3 is 289 Å². The molecule has 314 valence electrons. The molecule has 61 heavy (non-hydrogen) atoms. The summed E-state index contributed by atoms with van der Waals surface area (Å²) in [7, 11) is 0. The molecule has 5 nitrogen and oxygen atoms in total. The number of para-hydroxylation sites is 2. The topological polar surface area (TPSA) is 35.2 Å². The Balaban J connectivity index is 1.05. The predicted molar refractivity (Wildman–Crippen MR) is 245 cm³/mol. The number of aryl methyl sites for hydroxylation is 1. The van der Waals surface area contributed by atoms with Gasteiger partial charge in [-0.05, 0) is 24.5 Å². The molecule has 0 radical (unpaired) electrons. The number of hydrogen-bond acceptors (Lipinski definition) is 3. The fourth-order valence-electron chi connectivity index (χ4n) is 10.8. The average Bonchev–Trinajstić information content (AvgIpc) is 3.99. The zero-order valence-corrected chi connectivity index (χ0v) is 38.9. The van der Waals surface area contributed by atoms with E-state index in [2.05, 4.69) is 203 Å². The number of aromatic nitrogens is 3. The summed E-state index contributed by atoms with van der Waals surface area (Å²) in [6.45, 7) is 16.0. The van der Waals surface area contributed by atoms with Crippen LogP contribution in [0.15, 0.2) is 115 Å². The van der Waals surface area contributed by atoms with E-state index < -0.39 is 0 Å². The number of imidazole rings is 1. The molecule has 6 heteroatoms. The van der Waals surface area contributed by atoms with Crippen LogP contribution in [0.3, 0.4) is 0 Å². The molecule has 2 aromatic heterocycles. The SMILES string of the molecule is Cc1cc(N2c3[c-]c(Oc4[c-]c(-n5[c](=[Pt])n(-c6cc(C(C)(C)C)cc(C(C)(C)C)c6)c6ccccc65)ccc4)ccc3C3CCCC3C23CCCC3)ncc1-c1ccccc1. The summed E-state index contributed by atoms with van der Waals surface area (Å²) >= 11 is 2.49. The van der Waals surface area contributed by atoms with E-state index in [0.29, 0.717) is 23.3 Å². The number of pyridine rings is 1. The summed E-state index contributed by atoms with van der Waals surface area (Å²) in [6.07, 6.45) is 10.7. The van der Waals surface area contributed by atoms with Crippen LogP contribution < -0.4 is 9.64 Å². The molecule has 2 unspecified atom stereocenters. The monoisotopic (exact) mass is 983 g/mol. The Bertz CT molecular complexity index is 2820. The maximum atomic E-state index is 6.82. The van der Waals surface area contributed by atoms with Crippen LogP contribution in [0.5, 0.6) is 11.5 Å². The van der Waals surface area contributed by atoms with Crippen LogP contribution >= 0.6 is 0 Å². The molecule has 2 atom stereocenters. The molecule has 1 spiro atoms. The standard InChI is InChI=1S/C55H56N4O.Pt/c1-37-29-52(56-35-47(37)38-17-9-8-10-18-38)59-51-34-44(25-26-46(51)45-21-16-22-48(45)55(59)27-13-14-28-55)60-43-20-15-19-41(33-43)57-36-58(50-24-12-11-23-49(50)57)42-31-39(53(2,3)4)30-40(32-42)54(5,6)7;/h8-12,15,17-20,23-26,29-32,35,45,48H,13-14,16,21-22,27-28H2,1-7H3;/q-2;. The third-order valence-electron chi connectivity index (χ3n) is 13.9. The zero-order valence-electron chi connectivity index (χ0n) is 36.6. The van der Waals surface area contributed by atoms with E-state index in [0.717, 1.165) is 32.0 Å². The van der Waals surface area contributed by atoms with Gasteiger partial charge in [0.1, 0.15) is 0 Å². The molecular formula is C55H56N4OPt-2. The molecule has 0 amide bonds. The van der Waals surface area contributed by atoms with E-state index in [1.165, 1.54) is 84.0 Å². The second kappa shape index (κ2) is 15.1. The van der Waals surface area contributed by atoms with Gasteiger partial charge in [-0.1, -0.05) is 49.6 Å². The molecule has 0 bridgehead atoms. The Labute approximate surface area is 372 Å². The molecule has 3 aliphatic rings. The summed E-state index contributed by atoms with van der Waals surface area (Å²) < 4.78 is 12.6. The first-order chi connectivity index (χ1) is 29.3. The van der Waals surface area contributed by atoms with Crippen LogP contribution in [0.2, 0.25) is 0 Å². The normalized spacial score (nSPS) is 18.5. The number of rotatable bonds is 6. The molecular weight excluding hydrogens is 928 g/mol. The summed E-state index contributed by atoms with van der Waals surface area (Å²) in [5.41, 5.74) is 13.2. The van der Waals surface area contributed by atoms with Crippen molar-refractivity contribution in [2.45, 2.75) is 116 Å². The average molecular weight is 984 g/mol. The van der Waals surface area contributed by atoms with E-state index in [9.17, 15) is 0 Å². The minimum Gasteiger partial charge on any atom is -0.0622 e. The second-order valence-electron chi connectivity index (χ2n) is 19.8. The molecule has 2 saturated carbocycles. The number of ether oxygens (including phenoxy) is 1. The minimum absolute atomic E-state index is 0.00366. The third kappa shape index (κ3) is 6.96. The summed E-state index contributed by atoms with van der Waals surface area (Å²) in [6, 6.07) is 47.0. The van der Waals surface area contributed by atoms with Crippen molar-refractivity contribution in [3.05, 3.63) is 154 Å². The molecule has 3 heterocycles. The van der Waals surface area contributed by atoms with Crippen molar-refractivity contribution >= 4 is 22.5 Å². The van der Waals surface area contributed by atoms with Crippen LogP contribution in [-0.4, -0.2) is 19.7 Å². The predicted octanol–water partition coefficient (Wildman–Crippen LogP) is 14.2. The van der Waals surface area contributed by atoms with Gasteiger partial charge in [-0.2, -0.15) is 0 Å². The van der Waals surface area contributed by atoms with Crippen LogP contribution in [0.4, 0.5) is 11.5 Å². The van der Waals surface area contributed by atoms with Crippen molar-refractivity contribution in [1.29, 1.82) is 0 Å². The first-order valence-corrected chi connectivity index (χ1v) is 23.4. The Morgan fingerprint density at radius 2 is 1.38 bits per heavy atom. The molecule has 0 N–H and O–H groups in total. The number of hydrogen-bond donors (Lipinski definition) is 0. The number of anilines is 2. The smallest absolute Gasteiger partial charge is 0.0622 e. The first-order valence-electron chi connectivity index (χ1n) is 22.2. The fraction of sp³-hybridized carbons (Fsp3) is 0.345. The van der Waals surface area contributed by atoms with Crippen LogP contribution in [0, 0.1) is 28.8 Å². The molecule has 7 aromatic rings. The Kier molecular flexibility index (Phi) is 9.94. The Morgan fingerprint density at radius 1 is 0.705 bits per heavy atom. The zero-order chi connectivity index (χ0) is 42.3. The van der Waals surface area contributed by atoms with Gasteiger partial charge in [0.25, 0.3) is 0 Å². The molecule has 5 aromatic carbocycles. The van der Waals surface area contributed by atoms with E-state index in [1.807, 2.05) is 6.07 Å². The molecule has 2 fully saturated rings. The van der Waals surface area contributed by atoms with Crippen LogP contribution in [0.25, 0.3) is 33.5 Å². The number of benzene rings is 5. The van der Waals surface area contributed by atoms with Crippen molar-refractivity contribution in [3.8, 4) is 34.0 Å². The van der Waals surface area contributed by atoms with Crippen LogP contribution in [0.1, 0.15) is 115 Å². The van der Waals surface area contributed by atoms with Gasteiger partial charge < -0.3 is 0 Å². The van der Waals surface area contributed by atoms with Crippen molar-refractivity contribution in [3.63, 3.8) is 0 Å². The summed E-state index contributed by atoms with van der Waals surface area (Å²) in [5.74, 6) is 3.54. The van der Waals surface area contributed by atoms with E-state index >= 15 is 0 Å². The molecule has 0 saturated heterocycles.